The van der Waals surface area contributed by atoms with Crippen molar-refractivity contribution in [3.63, 3.8) is 0 Å². The van der Waals surface area contributed by atoms with E-state index in [0.717, 1.165) is 53.0 Å². The minimum absolute atomic E-state index is 0.0171. The minimum Gasteiger partial charge on any atom is -0.491 e. The highest BCUT2D eigenvalue weighted by Crippen LogP contribution is 2.40. The van der Waals surface area contributed by atoms with E-state index in [2.05, 4.69) is 22.2 Å². The fourth-order valence-electron chi connectivity index (χ4n) is 5.85. The van der Waals surface area contributed by atoms with Crippen LogP contribution in [0.5, 0.6) is 5.75 Å². The van der Waals surface area contributed by atoms with Gasteiger partial charge in [-0.15, -0.1) is 11.3 Å². The summed E-state index contributed by atoms with van der Waals surface area (Å²) in [6.45, 7) is 6.32. The lowest BCUT2D eigenvalue weighted by Gasteiger charge is -2.42. The number of thiophene rings is 1. The number of aromatic nitrogens is 3. The Morgan fingerprint density at radius 1 is 1.22 bits per heavy atom. The third kappa shape index (κ3) is 5.25. The van der Waals surface area contributed by atoms with Gasteiger partial charge in [0.2, 0.25) is 0 Å². The number of hydrogen-bond acceptors (Lipinski definition) is 8. The molecule has 1 unspecified atom stereocenters. The molecular weight excluding hydrogens is 562 g/mol. The van der Waals surface area contributed by atoms with Gasteiger partial charge < -0.3 is 15.2 Å². The van der Waals surface area contributed by atoms with Crippen molar-refractivity contribution >= 4 is 39.1 Å². The number of likely N-dealkylation sites (N-methyl/N-ethyl adjacent to an activating group) is 1. The Labute approximate surface area is 246 Å². The van der Waals surface area contributed by atoms with Crippen LogP contribution in [0.4, 0.5) is 0 Å². The molecule has 1 aromatic carbocycles. The van der Waals surface area contributed by atoms with E-state index in [-0.39, 0.29) is 17.7 Å². The van der Waals surface area contributed by atoms with Gasteiger partial charge in [-0.25, -0.2) is 9.78 Å². The maximum atomic E-state index is 13.6. The predicted molar refractivity (Wildman–Crippen MR) is 161 cm³/mol. The molecule has 9 nitrogen and oxygen atoms in total. The maximum Gasteiger partial charge on any atom is 0.338 e. The monoisotopic (exact) mass is 593 g/mol. The molecule has 2 N–H and O–H groups in total. The number of fused-ring (bicyclic) bond motifs is 2. The number of rotatable bonds is 8. The summed E-state index contributed by atoms with van der Waals surface area (Å²) < 4.78 is 8.74. The number of carbonyl (C=O) groups is 1. The van der Waals surface area contributed by atoms with E-state index < -0.39 is 5.97 Å². The fraction of sp³-hybridized carbons (Fsp3) is 0.400. The van der Waals surface area contributed by atoms with Crippen LogP contribution < -0.4 is 15.6 Å². The molecule has 6 rings (SSSR count). The molecule has 41 heavy (non-hydrogen) atoms. The number of aromatic carboxylic acids is 1. The van der Waals surface area contributed by atoms with Gasteiger partial charge in [-0.2, -0.15) is 0 Å². The molecule has 4 heterocycles. The van der Waals surface area contributed by atoms with Crippen molar-refractivity contribution in [3.05, 3.63) is 73.4 Å². The Hall–Kier alpha value is -3.31. The zero-order valence-electron chi connectivity index (χ0n) is 23.2. The Kier molecular flexibility index (Phi) is 7.58. The first-order valence-corrected chi connectivity index (χ1v) is 15.0. The number of nitrogens with zero attached hydrogens (tertiary/aromatic N) is 4. The first-order chi connectivity index (χ1) is 19.7. The molecule has 1 fully saturated rings. The van der Waals surface area contributed by atoms with Crippen molar-refractivity contribution in [2.75, 3.05) is 26.7 Å². The Morgan fingerprint density at radius 3 is 2.76 bits per heavy atom. The molecule has 0 amide bonds. The standard InChI is InChI=1S/C30H32ClN5O4S/c1-16-10-22(28-27(33-16)24(15-41-28)30(38)39)21-11-18(31)4-7-26(21)40-9-8-36-17(2)34-25-6-5-19(12-23(25)29(36)37)35(3)20-13-32-14-20/h4,7,10-11,15,19-20,32H,5-6,8-9,12-14H2,1-3H3,(H,38,39). The summed E-state index contributed by atoms with van der Waals surface area (Å²) in [6, 6.07) is 8.17. The van der Waals surface area contributed by atoms with Crippen molar-refractivity contribution in [2.24, 2.45) is 0 Å². The average molecular weight is 594 g/mol. The van der Waals surface area contributed by atoms with Crippen LogP contribution >= 0.6 is 22.9 Å². The highest BCUT2D eigenvalue weighted by atomic mass is 35.5. The van der Waals surface area contributed by atoms with Gasteiger partial charge in [-0.3, -0.25) is 19.2 Å². The summed E-state index contributed by atoms with van der Waals surface area (Å²) in [5.74, 6) is 0.272. The van der Waals surface area contributed by atoms with Gasteiger partial charge in [0, 0.05) is 58.0 Å². The summed E-state index contributed by atoms with van der Waals surface area (Å²) in [4.78, 5) is 37.1. The van der Waals surface area contributed by atoms with E-state index in [1.807, 2.05) is 26.0 Å². The second-order valence-corrected chi connectivity index (χ2v) is 12.2. The van der Waals surface area contributed by atoms with Crippen molar-refractivity contribution in [1.29, 1.82) is 0 Å². The third-order valence-electron chi connectivity index (χ3n) is 8.29. The van der Waals surface area contributed by atoms with Crippen molar-refractivity contribution in [3.8, 4) is 16.9 Å². The van der Waals surface area contributed by atoms with Crippen molar-refractivity contribution < 1.29 is 14.6 Å². The van der Waals surface area contributed by atoms with Crippen LogP contribution in [0.2, 0.25) is 5.02 Å². The molecule has 4 aromatic rings. The number of aryl methyl sites for hydroxylation is 3. The SMILES string of the molecule is Cc1cc(-c2cc(Cl)ccc2OCCn2c(C)nc3c(c2=O)CC(N(C)C2CNC2)CC3)c2scc(C(=O)O)c2n1. The zero-order valence-corrected chi connectivity index (χ0v) is 24.8. The molecule has 1 atom stereocenters. The number of benzene rings is 1. The molecular formula is C30H32ClN5O4S. The summed E-state index contributed by atoms with van der Waals surface area (Å²) in [5.41, 5.74) is 4.63. The number of carboxylic acids is 1. The molecule has 2 aliphatic rings. The number of hydrogen-bond donors (Lipinski definition) is 2. The van der Waals surface area contributed by atoms with Crippen LogP contribution in [0.3, 0.4) is 0 Å². The number of ether oxygens (including phenoxy) is 1. The Balaban J connectivity index is 1.26. The summed E-state index contributed by atoms with van der Waals surface area (Å²) >= 11 is 7.73. The van der Waals surface area contributed by atoms with Crippen LogP contribution in [-0.2, 0) is 19.4 Å². The van der Waals surface area contributed by atoms with E-state index >= 15 is 0 Å². The van der Waals surface area contributed by atoms with Gasteiger partial charge in [0.15, 0.2) is 0 Å². The molecule has 11 heteroatoms. The molecule has 3 aromatic heterocycles. The molecule has 214 valence electrons. The van der Waals surface area contributed by atoms with Crippen molar-refractivity contribution in [2.45, 2.75) is 51.7 Å². The lowest BCUT2D eigenvalue weighted by atomic mass is 9.90. The van der Waals surface area contributed by atoms with Gasteiger partial charge in [0.25, 0.3) is 5.56 Å². The van der Waals surface area contributed by atoms with E-state index in [9.17, 15) is 14.7 Å². The molecule has 1 saturated heterocycles. The Morgan fingerprint density at radius 2 is 2.02 bits per heavy atom. The van der Waals surface area contributed by atoms with Gasteiger partial charge in [0.1, 0.15) is 18.2 Å². The van der Waals surface area contributed by atoms with Gasteiger partial charge in [-0.05, 0) is 64.4 Å². The molecule has 0 bridgehead atoms. The first-order valence-electron chi connectivity index (χ1n) is 13.8. The summed E-state index contributed by atoms with van der Waals surface area (Å²) in [5, 5.41) is 15.1. The average Bonchev–Trinajstić information content (AvgIpc) is 3.33. The second kappa shape index (κ2) is 11.2. The zero-order chi connectivity index (χ0) is 28.8. The summed E-state index contributed by atoms with van der Waals surface area (Å²) in [7, 11) is 2.16. The van der Waals surface area contributed by atoms with Crippen LogP contribution in [0.1, 0.15) is 39.6 Å². The minimum atomic E-state index is -1.01. The second-order valence-electron chi connectivity index (χ2n) is 10.8. The van der Waals surface area contributed by atoms with Crippen LogP contribution in [-0.4, -0.2) is 69.3 Å². The third-order valence-corrected chi connectivity index (χ3v) is 9.53. The highest BCUT2D eigenvalue weighted by molar-refractivity contribution is 7.18. The smallest absolute Gasteiger partial charge is 0.338 e. The number of pyridine rings is 1. The predicted octanol–water partition coefficient (Wildman–Crippen LogP) is 4.33. The lowest BCUT2D eigenvalue weighted by Crippen LogP contribution is -2.59. The van der Waals surface area contributed by atoms with Crippen LogP contribution in [0.25, 0.3) is 21.3 Å². The van der Waals surface area contributed by atoms with Gasteiger partial charge in [0.05, 0.1) is 28.0 Å². The highest BCUT2D eigenvalue weighted by Gasteiger charge is 2.32. The number of nitrogens with one attached hydrogen (secondary N) is 1. The normalized spacial score (nSPS) is 17.0. The van der Waals surface area contributed by atoms with E-state index in [1.54, 1.807) is 22.1 Å². The van der Waals surface area contributed by atoms with Gasteiger partial charge in [-0.1, -0.05) is 11.6 Å². The van der Waals surface area contributed by atoms with Crippen LogP contribution in [0, 0.1) is 13.8 Å². The van der Waals surface area contributed by atoms with Crippen LogP contribution in [0.15, 0.2) is 34.4 Å². The van der Waals surface area contributed by atoms with Gasteiger partial charge >= 0.3 is 5.97 Å². The first kappa shape index (κ1) is 27.8. The molecule has 0 saturated carbocycles. The lowest BCUT2D eigenvalue weighted by molar-refractivity contribution is 0.0699. The number of carboxylic acid groups (broad SMARTS) is 1. The van der Waals surface area contributed by atoms with E-state index in [4.69, 9.17) is 21.3 Å². The van der Waals surface area contributed by atoms with E-state index in [1.165, 1.54) is 11.3 Å². The maximum absolute atomic E-state index is 13.6. The number of halogens is 1. The van der Waals surface area contributed by atoms with E-state index in [0.29, 0.717) is 52.9 Å². The topological polar surface area (TPSA) is 110 Å². The summed E-state index contributed by atoms with van der Waals surface area (Å²) in [6.07, 6.45) is 2.55. The largest absolute Gasteiger partial charge is 0.491 e. The van der Waals surface area contributed by atoms with Crippen molar-refractivity contribution in [1.82, 2.24) is 24.8 Å². The molecule has 1 aliphatic heterocycles. The molecule has 0 radical (unpaired) electrons. The molecule has 0 spiro atoms. The Bertz CT molecular complexity index is 1710. The quantitative estimate of drug-likeness (QED) is 0.311. The molecule has 1 aliphatic carbocycles. The fourth-order valence-corrected chi connectivity index (χ4v) is 7.04.